The number of ether oxygens (including phenoxy) is 1. The van der Waals surface area contributed by atoms with E-state index in [4.69, 9.17) is 5.73 Å². The second-order valence-corrected chi connectivity index (χ2v) is 4.23. The highest BCUT2D eigenvalue weighted by atomic mass is 16.5. The summed E-state index contributed by atoms with van der Waals surface area (Å²) in [5, 5.41) is 0. The molecule has 1 heterocycles. The molecule has 0 aliphatic carbocycles. The first-order valence-corrected chi connectivity index (χ1v) is 6.12. The summed E-state index contributed by atoms with van der Waals surface area (Å²) in [4.78, 5) is 15.6. The number of hydrogen-bond acceptors (Lipinski definition) is 4. The van der Waals surface area contributed by atoms with E-state index in [1.165, 1.54) is 7.11 Å². The third kappa shape index (κ3) is 3.20. The lowest BCUT2D eigenvalue weighted by atomic mass is 10.2. The number of methoxy groups -OCH3 is 1. The second kappa shape index (κ2) is 6.15. The standard InChI is InChI=1S/C14H17N3O2/c1-19-14(18)12(15)7-9-17-10-8-16-13(17)11-5-3-2-4-6-11/h2-6,8,10,12H,7,9,15H2,1H3. The molecule has 0 amide bonds. The molecule has 0 aliphatic rings. The van der Waals surface area contributed by atoms with Crippen LogP contribution in [-0.2, 0) is 16.1 Å². The van der Waals surface area contributed by atoms with Crippen LogP contribution in [0.15, 0.2) is 42.7 Å². The van der Waals surface area contributed by atoms with Crippen LogP contribution in [0, 0.1) is 0 Å². The van der Waals surface area contributed by atoms with E-state index in [-0.39, 0.29) is 5.97 Å². The number of rotatable bonds is 5. The molecule has 0 saturated heterocycles. The zero-order chi connectivity index (χ0) is 13.7. The minimum absolute atomic E-state index is 0.388. The number of carbonyl (C=O) groups is 1. The first kappa shape index (κ1) is 13.3. The van der Waals surface area contributed by atoms with Crippen LogP contribution >= 0.6 is 0 Å². The van der Waals surface area contributed by atoms with E-state index in [9.17, 15) is 4.79 Å². The Hall–Kier alpha value is -2.14. The van der Waals surface area contributed by atoms with E-state index in [0.29, 0.717) is 13.0 Å². The predicted octanol–water partition coefficient (Wildman–Crippen LogP) is 1.44. The van der Waals surface area contributed by atoms with E-state index >= 15 is 0 Å². The molecular formula is C14H17N3O2. The van der Waals surface area contributed by atoms with E-state index in [2.05, 4.69) is 9.72 Å². The fraction of sp³-hybridized carbons (Fsp3) is 0.286. The molecule has 1 aromatic carbocycles. The van der Waals surface area contributed by atoms with E-state index < -0.39 is 6.04 Å². The summed E-state index contributed by atoms with van der Waals surface area (Å²) in [5.41, 5.74) is 6.77. The third-order valence-electron chi connectivity index (χ3n) is 2.93. The number of imidazole rings is 1. The summed E-state index contributed by atoms with van der Waals surface area (Å²) in [7, 11) is 1.34. The van der Waals surface area contributed by atoms with Crippen molar-refractivity contribution in [1.29, 1.82) is 0 Å². The van der Waals surface area contributed by atoms with Gasteiger partial charge in [0, 0.05) is 24.5 Å². The van der Waals surface area contributed by atoms with Gasteiger partial charge in [-0.05, 0) is 6.42 Å². The van der Waals surface area contributed by atoms with Crippen molar-refractivity contribution in [3.05, 3.63) is 42.7 Å². The molecule has 0 radical (unpaired) electrons. The summed E-state index contributed by atoms with van der Waals surface area (Å²) in [5.74, 6) is 0.485. The second-order valence-electron chi connectivity index (χ2n) is 4.23. The van der Waals surface area contributed by atoms with Crippen molar-refractivity contribution in [2.75, 3.05) is 7.11 Å². The highest BCUT2D eigenvalue weighted by Gasteiger charge is 2.14. The first-order valence-electron chi connectivity index (χ1n) is 6.12. The topological polar surface area (TPSA) is 70.1 Å². The molecule has 100 valence electrons. The molecule has 0 saturated carbocycles. The molecule has 1 unspecified atom stereocenters. The molecule has 2 rings (SSSR count). The van der Waals surface area contributed by atoms with Crippen LogP contribution in [0.3, 0.4) is 0 Å². The molecule has 1 atom stereocenters. The van der Waals surface area contributed by atoms with Crippen LogP contribution in [0.25, 0.3) is 11.4 Å². The molecule has 1 aromatic heterocycles. The van der Waals surface area contributed by atoms with Crippen molar-refractivity contribution < 1.29 is 9.53 Å². The Bertz CT molecular complexity index is 537. The van der Waals surface area contributed by atoms with Crippen LogP contribution in [0.5, 0.6) is 0 Å². The lowest BCUT2D eigenvalue weighted by Crippen LogP contribution is -2.32. The maximum absolute atomic E-state index is 11.3. The Morgan fingerprint density at radius 3 is 2.84 bits per heavy atom. The van der Waals surface area contributed by atoms with Gasteiger partial charge in [-0.15, -0.1) is 0 Å². The van der Waals surface area contributed by atoms with Gasteiger partial charge in [0.15, 0.2) is 0 Å². The number of benzene rings is 1. The molecule has 19 heavy (non-hydrogen) atoms. The van der Waals surface area contributed by atoms with Crippen LogP contribution < -0.4 is 5.73 Å². The molecule has 0 fully saturated rings. The normalized spacial score (nSPS) is 12.1. The fourth-order valence-electron chi connectivity index (χ4n) is 1.88. The predicted molar refractivity (Wildman–Crippen MR) is 72.3 cm³/mol. The number of nitrogens with zero attached hydrogens (tertiary/aromatic N) is 2. The van der Waals surface area contributed by atoms with Gasteiger partial charge < -0.3 is 15.0 Å². The van der Waals surface area contributed by atoms with Crippen molar-refractivity contribution >= 4 is 5.97 Å². The lowest BCUT2D eigenvalue weighted by molar-refractivity contribution is -0.142. The van der Waals surface area contributed by atoms with Gasteiger partial charge in [-0.1, -0.05) is 30.3 Å². The molecule has 2 aromatic rings. The molecule has 0 aliphatic heterocycles. The summed E-state index contributed by atoms with van der Waals surface area (Å²) in [6.07, 6.45) is 4.14. The third-order valence-corrected chi connectivity index (χ3v) is 2.93. The van der Waals surface area contributed by atoms with Gasteiger partial charge in [-0.25, -0.2) is 4.98 Å². The largest absolute Gasteiger partial charge is 0.468 e. The molecule has 0 bridgehead atoms. The number of esters is 1. The Kier molecular flexibility index (Phi) is 4.30. The Morgan fingerprint density at radius 1 is 1.42 bits per heavy atom. The van der Waals surface area contributed by atoms with Gasteiger partial charge in [-0.3, -0.25) is 4.79 Å². The Balaban J connectivity index is 2.07. The van der Waals surface area contributed by atoms with Crippen LogP contribution in [0.2, 0.25) is 0 Å². The average Bonchev–Trinajstić information content (AvgIpc) is 2.93. The summed E-state index contributed by atoms with van der Waals surface area (Å²) < 4.78 is 6.59. The minimum Gasteiger partial charge on any atom is -0.468 e. The van der Waals surface area contributed by atoms with Gasteiger partial charge in [0.05, 0.1) is 7.11 Å². The zero-order valence-corrected chi connectivity index (χ0v) is 10.8. The van der Waals surface area contributed by atoms with Crippen LogP contribution in [0.4, 0.5) is 0 Å². The molecule has 5 nitrogen and oxygen atoms in total. The van der Waals surface area contributed by atoms with Gasteiger partial charge >= 0.3 is 5.97 Å². The molecule has 5 heteroatoms. The maximum atomic E-state index is 11.3. The molecule has 2 N–H and O–H groups in total. The quantitative estimate of drug-likeness (QED) is 0.825. The zero-order valence-electron chi connectivity index (χ0n) is 10.8. The van der Waals surface area contributed by atoms with Crippen LogP contribution in [-0.4, -0.2) is 28.7 Å². The fourth-order valence-corrected chi connectivity index (χ4v) is 1.88. The lowest BCUT2D eigenvalue weighted by Gasteiger charge is -2.11. The van der Waals surface area contributed by atoms with E-state index in [1.54, 1.807) is 6.20 Å². The molecular weight excluding hydrogens is 242 g/mol. The first-order chi connectivity index (χ1) is 9.22. The van der Waals surface area contributed by atoms with Crippen molar-refractivity contribution in [2.24, 2.45) is 5.73 Å². The Morgan fingerprint density at radius 2 is 2.16 bits per heavy atom. The molecule has 0 spiro atoms. The van der Waals surface area contributed by atoms with Gasteiger partial charge in [-0.2, -0.15) is 0 Å². The highest BCUT2D eigenvalue weighted by molar-refractivity contribution is 5.75. The summed E-state index contributed by atoms with van der Waals surface area (Å²) in [6.45, 7) is 0.625. The number of hydrogen-bond donors (Lipinski definition) is 1. The Labute approximate surface area is 112 Å². The van der Waals surface area contributed by atoms with Crippen molar-refractivity contribution in [3.63, 3.8) is 0 Å². The number of aryl methyl sites for hydroxylation is 1. The van der Waals surface area contributed by atoms with E-state index in [0.717, 1.165) is 11.4 Å². The monoisotopic (exact) mass is 259 g/mol. The smallest absolute Gasteiger partial charge is 0.322 e. The highest BCUT2D eigenvalue weighted by Crippen LogP contribution is 2.17. The van der Waals surface area contributed by atoms with Gasteiger partial charge in [0.1, 0.15) is 11.9 Å². The van der Waals surface area contributed by atoms with Crippen molar-refractivity contribution in [3.8, 4) is 11.4 Å². The van der Waals surface area contributed by atoms with Crippen LogP contribution in [0.1, 0.15) is 6.42 Å². The summed E-state index contributed by atoms with van der Waals surface area (Å²) >= 11 is 0. The number of aromatic nitrogens is 2. The minimum atomic E-state index is -0.601. The van der Waals surface area contributed by atoms with Gasteiger partial charge in [0.2, 0.25) is 0 Å². The van der Waals surface area contributed by atoms with E-state index in [1.807, 2.05) is 41.1 Å². The SMILES string of the molecule is COC(=O)C(N)CCn1ccnc1-c1ccccc1. The van der Waals surface area contributed by atoms with Crippen molar-refractivity contribution in [2.45, 2.75) is 19.0 Å². The average molecular weight is 259 g/mol. The van der Waals surface area contributed by atoms with Crippen molar-refractivity contribution in [1.82, 2.24) is 9.55 Å². The number of nitrogens with two attached hydrogens (primary N) is 1. The number of carbonyl (C=O) groups excluding carboxylic acids is 1. The summed E-state index contributed by atoms with van der Waals surface area (Å²) in [6, 6.07) is 9.29. The van der Waals surface area contributed by atoms with Gasteiger partial charge in [0.25, 0.3) is 0 Å². The maximum Gasteiger partial charge on any atom is 0.322 e.